The third kappa shape index (κ3) is 3.63. The number of carbonyl (C=O) groups excluding carboxylic acids is 1. The quantitative estimate of drug-likeness (QED) is 0.853. The summed E-state index contributed by atoms with van der Waals surface area (Å²) in [6.07, 6.45) is 2.32. The molecule has 3 rings (SSSR count). The van der Waals surface area contributed by atoms with E-state index < -0.39 is 0 Å². The Hall–Kier alpha value is -1.93. The summed E-state index contributed by atoms with van der Waals surface area (Å²) < 4.78 is 10.7. The lowest BCUT2D eigenvalue weighted by molar-refractivity contribution is 0.158. The molecule has 2 heterocycles. The van der Waals surface area contributed by atoms with E-state index in [1.165, 1.54) is 11.3 Å². The van der Waals surface area contributed by atoms with Crippen molar-refractivity contribution in [3.63, 3.8) is 0 Å². The lowest BCUT2D eigenvalue weighted by Gasteiger charge is -2.15. The molecule has 22 heavy (non-hydrogen) atoms. The van der Waals surface area contributed by atoms with Gasteiger partial charge in [-0.1, -0.05) is 11.3 Å². The van der Waals surface area contributed by atoms with Crippen molar-refractivity contribution in [3.05, 3.63) is 28.7 Å². The van der Waals surface area contributed by atoms with Crippen LogP contribution in [0.4, 0.5) is 9.93 Å². The number of aromatic nitrogens is 2. The van der Waals surface area contributed by atoms with Crippen LogP contribution in [0.5, 0.6) is 0 Å². The summed E-state index contributed by atoms with van der Waals surface area (Å²) in [4.78, 5) is 12.1. The van der Waals surface area contributed by atoms with Gasteiger partial charge in [0.05, 0.1) is 6.61 Å². The van der Waals surface area contributed by atoms with Gasteiger partial charge in [-0.05, 0) is 31.9 Å². The zero-order valence-corrected chi connectivity index (χ0v) is 13.3. The lowest BCUT2D eigenvalue weighted by Crippen LogP contribution is -2.34. The zero-order chi connectivity index (χ0) is 15.5. The molecule has 0 aliphatic heterocycles. The molecule has 118 valence electrons. The summed E-state index contributed by atoms with van der Waals surface area (Å²) in [5.74, 6) is 1.98. The second-order valence-corrected chi connectivity index (χ2v) is 6.28. The first-order chi connectivity index (χ1) is 10.7. The highest BCUT2D eigenvalue weighted by atomic mass is 32.1. The van der Waals surface area contributed by atoms with Gasteiger partial charge >= 0.3 is 6.03 Å². The highest BCUT2D eigenvalue weighted by Crippen LogP contribution is 2.42. The number of anilines is 1. The van der Waals surface area contributed by atoms with Crippen LogP contribution in [0.25, 0.3) is 0 Å². The van der Waals surface area contributed by atoms with Crippen molar-refractivity contribution in [2.45, 2.75) is 31.7 Å². The molecule has 1 atom stereocenters. The van der Waals surface area contributed by atoms with E-state index in [1.807, 2.05) is 19.1 Å². The number of hydrogen-bond acceptors (Lipinski definition) is 6. The fourth-order valence-electron chi connectivity index (χ4n) is 2.07. The topological polar surface area (TPSA) is 89.3 Å². The van der Waals surface area contributed by atoms with E-state index in [2.05, 4.69) is 20.8 Å². The van der Waals surface area contributed by atoms with E-state index in [9.17, 15) is 4.79 Å². The Morgan fingerprint density at radius 3 is 2.95 bits per heavy atom. The monoisotopic (exact) mass is 322 g/mol. The Morgan fingerprint density at radius 2 is 2.32 bits per heavy atom. The molecule has 7 nitrogen and oxygen atoms in total. The van der Waals surface area contributed by atoms with Gasteiger partial charge in [-0.25, -0.2) is 4.79 Å². The number of carbonyl (C=O) groups is 1. The van der Waals surface area contributed by atoms with Crippen molar-refractivity contribution in [2.75, 3.05) is 19.0 Å². The van der Waals surface area contributed by atoms with Gasteiger partial charge in [0.1, 0.15) is 22.6 Å². The Kier molecular flexibility index (Phi) is 4.39. The second-order valence-electron chi connectivity index (χ2n) is 5.27. The van der Waals surface area contributed by atoms with Crippen LogP contribution in [0, 0.1) is 6.92 Å². The minimum Gasteiger partial charge on any atom is -0.464 e. The molecular formula is C14H18N4O3S. The van der Waals surface area contributed by atoms with Gasteiger partial charge in [-0.2, -0.15) is 0 Å². The number of urea groups is 1. The Bertz CT molecular complexity index is 650. The summed E-state index contributed by atoms with van der Waals surface area (Å²) in [5.41, 5.74) is 0. The lowest BCUT2D eigenvalue weighted by atomic mass is 10.2. The van der Waals surface area contributed by atoms with E-state index in [4.69, 9.17) is 9.15 Å². The molecule has 8 heteroatoms. The summed E-state index contributed by atoms with van der Waals surface area (Å²) in [5, 5.41) is 15.1. The van der Waals surface area contributed by atoms with Crippen LogP contribution in [-0.4, -0.2) is 29.9 Å². The summed E-state index contributed by atoms with van der Waals surface area (Å²) in [7, 11) is 1.58. The normalized spacial score (nSPS) is 15.5. The van der Waals surface area contributed by atoms with Gasteiger partial charge in [0.25, 0.3) is 0 Å². The van der Waals surface area contributed by atoms with Gasteiger partial charge < -0.3 is 14.5 Å². The van der Waals surface area contributed by atoms with Crippen molar-refractivity contribution >= 4 is 22.5 Å². The fraction of sp³-hybridized carbons (Fsp3) is 0.500. The Morgan fingerprint density at radius 1 is 1.50 bits per heavy atom. The zero-order valence-electron chi connectivity index (χ0n) is 12.5. The molecular weight excluding hydrogens is 304 g/mol. The molecule has 1 aliphatic rings. The first-order valence-electron chi connectivity index (χ1n) is 7.12. The maximum atomic E-state index is 12.1. The standard InChI is InChI=1S/C14H18N4O3S/c1-8-3-6-11(21-8)10(7-20-2)15-13(19)16-14-18-17-12(22-14)9-4-5-9/h3,6,9-10H,4-5,7H2,1-2H3,(H2,15,16,18,19)/t10-/m1/s1. The van der Waals surface area contributed by atoms with Crippen LogP contribution in [0.15, 0.2) is 16.5 Å². The molecule has 0 bridgehead atoms. The number of hydrogen-bond donors (Lipinski definition) is 2. The molecule has 2 N–H and O–H groups in total. The molecule has 2 aromatic heterocycles. The van der Waals surface area contributed by atoms with Crippen LogP contribution in [-0.2, 0) is 4.74 Å². The molecule has 1 fully saturated rings. The summed E-state index contributed by atoms with van der Waals surface area (Å²) >= 11 is 1.42. The highest BCUT2D eigenvalue weighted by Gasteiger charge is 2.28. The van der Waals surface area contributed by atoms with Gasteiger partial charge in [0.15, 0.2) is 0 Å². The average Bonchev–Trinajstić information content (AvgIpc) is 3.08. The molecule has 1 aliphatic carbocycles. The van der Waals surface area contributed by atoms with Crippen LogP contribution in [0.2, 0.25) is 0 Å². The van der Waals surface area contributed by atoms with Gasteiger partial charge in [-0.15, -0.1) is 10.2 Å². The van der Waals surface area contributed by atoms with Crippen molar-refractivity contribution in [3.8, 4) is 0 Å². The molecule has 2 aromatic rings. The van der Waals surface area contributed by atoms with Crippen LogP contribution < -0.4 is 10.6 Å². The number of nitrogens with one attached hydrogen (secondary N) is 2. The Labute approximate surface area is 132 Å². The number of furan rings is 1. The largest absolute Gasteiger partial charge is 0.464 e. The van der Waals surface area contributed by atoms with Crippen LogP contribution in [0.3, 0.4) is 0 Å². The SMILES string of the molecule is COC[C@@H](NC(=O)Nc1nnc(C2CC2)s1)c1ccc(C)o1. The van der Waals surface area contributed by atoms with Gasteiger partial charge in [-0.3, -0.25) is 5.32 Å². The number of ether oxygens (including phenoxy) is 1. The fourth-order valence-corrected chi connectivity index (χ4v) is 2.98. The number of methoxy groups -OCH3 is 1. The Balaban J connectivity index is 1.60. The van der Waals surface area contributed by atoms with Crippen molar-refractivity contribution in [2.24, 2.45) is 0 Å². The number of amides is 2. The molecule has 1 saturated carbocycles. The first kappa shape index (κ1) is 15.0. The highest BCUT2D eigenvalue weighted by molar-refractivity contribution is 7.15. The maximum absolute atomic E-state index is 12.1. The summed E-state index contributed by atoms with van der Waals surface area (Å²) in [6, 6.07) is 2.98. The predicted octanol–water partition coefficient (Wildman–Crippen LogP) is 2.83. The number of rotatable bonds is 6. The molecule has 0 radical (unpaired) electrons. The van der Waals surface area contributed by atoms with Gasteiger partial charge in [0, 0.05) is 13.0 Å². The summed E-state index contributed by atoms with van der Waals surface area (Å²) in [6.45, 7) is 2.18. The van der Waals surface area contributed by atoms with E-state index in [-0.39, 0.29) is 12.1 Å². The van der Waals surface area contributed by atoms with Crippen molar-refractivity contribution in [1.29, 1.82) is 0 Å². The molecule has 0 saturated heterocycles. The minimum absolute atomic E-state index is 0.323. The first-order valence-corrected chi connectivity index (χ1v) is 7.93. The molecule has 2 amide bonds. The molecule has 0 unspecified atom stereocenters. The van der Waals surface area contributed by atoms with E-state index in [0.29, 0.717) is 23.4 Å². The molecule has 0 spiro atoms. The number of nitrogens with zero attached hydrogens (tertiary/aromatic N) is 2. The van der Waals surface area contributed by atoms with E-state index >= 15 is 0 Å². The van der Waals surface area contributed by atoms with Gasteiger partial charge in [0.2, 0.25) is 5.13 Å². The van der Waals surface area contributed by atoms with Crippen LogP contribution in [0.1, 0.15) is 41.3 Å². The molecule has 0 aromatic carbocycles. The second kappa shape index (κ2) is 6.45. The maximum Gasteiger partial charge on any atom is 0.321 e. The third-order valence-corrected chi connectivity index (χ3v) is 4.33. The van der Waals surface area contributed by atoms with E-state index in [1.54, 1.807) is 7.11 Å². The van der Waals surface area contributed by atoms with Crippen molar-refractivity contribution in [1.82, 2.24) is 15.5 Å². The minimum atomic E-state index is -0.352. The smallest absolute Gasteiger partial charge is 0.321 e. The van der Waals surface area contributed by atoms with Crippen LogP contribution >= 0.6 is 11.3 Å². The van der Waals surface area contributed by atoms with E-state index in [0.717, 1.165) is 23.6 Å². The number of aryl methyl sites for hydroxylation is 1. The average molecular weight is 322 g/mol. The predicted molar refractivity (Wildman–Crippen MR) is 82.1 cm³/mol. The third-order valence-electron chi connectivity index (χ3n) is 3.33. The van der Waals surface area contributed by atoms with Crippen molar-refractivity contribution < 1.29 is 13.9 Å².